The molecule has 0 fully saturated rings. The van der Waals surface area contributed by atoms with E-state index in [0.717, 1.165) is 0 Å². The Bertz CT molecular complexity index is 201. The summed E-state index contributed by atoms with van der Waals surface area (Å²) in [6.45, 7) is 1.85. The molecule has 86 valence electrons. The predicted molar refractivity (Wildman–Crippen MR) is 42.0 cm³/mol. The molecular formula is C6H13IO6S. The van der Waals surface area contributed by atoms with E-state index >= 15 is 0 Å². The van der Waals surface area contributed by atoms with E-state index in [-0.39, 0.29) is 12.4 Å². The number of hydrogen-bond acceptors (Lipinski definition) is 6. The Morgan fingerprint density at radius 1 is 1.36 bits per heavy atom. The summed E-state index contributed by atoms with van der Waals surface area (Å²) in [7, 11) is -2.19. The molecule has 0 unspecified atom stereocenters. The number of esters is 1. The summed E-state index contributed by atoms with van der Waals surface area (Å²) in [5.41, 5.74) is 0. The van der Waals surface area contributed by atoms with Crippen LogP contribution in [0.5, 0.6) is 0 Å². The van der Waals surface area contributed by atoms with Gasteiger partial charge in [0.15, 0.2) is 0 Å². The minimum absolute atomic E-state index is 0.182. The molecule has 14 heavy (non-hydrogen) atoms. The smallest absolute Gasteiger partial charge is 0.389 e. The van der Waals surface area contributed by atoms with Crippen LogP contribution < -0.4 is 30.4 Å². The van der Waals surface area contributed by atoms with E-state index in [9.17, 15) is 15.1 Å². The number of carbonyl (C=O) groups excluding carboxylic acids is 1. The maximum absolute atomic E-state index is 11.0. The van der Waals surface area contributed by atoms with Crippen LogP contribution in [0.25, 0.3) is 0 Å². The first-order valence-electron chi connectivity index (χ1n) is 3.65. The third kappa shape index (κ3) is 7.76. The van der Waals surface area contributed by atoms with E-state index < -0.39 is 36.4 Å². The van der Waals surface area contributed by atoms with Crippen molar-refractivity contribution in [1.29, 1.82) is 0 Å². The SMILES string of the molecule is CCOC(=O)CS(C)(C)O[I+3]([O-])([O-])[O-]. The van der Waals surface area contributed by atoms with Crippen molar-refractivity contribution in [2.45, 2.75) is 6.92 Å². The molecule has 6 nitrogen and oxygen atoms in total. The number of hydrogen-bond donors (Lipinski definition) is 0. The van der Waals surface area contributed by atoms with Crippen molar-refractivity contribution in [3.8, 4) is 0 Å². The topological polar surface area (TPSA) is 105 Å². The van der Waals surface area contributed by atoms with Crippen LogP contribution >= 0.6 is 10.3 Å². The Hall–Kier alpha value is 0.390. The molecule has 8 heteroatoms. The Kier molecular flexibility index (Phi) is 5.62. The second-order valence-corrected chi connectivity index (χ2v) is 9.35. The van der Waals surface area contributed by atoms with Gasteiger partial charge < -0.3 is 4.74 Å². The van der Waals surface area contributed by atoms with Gasteiger partial charge in [0.05, 0.1) is 9.12 Å². The van der Waals surface area contributed by atoms with Crippen molar-refractivity contribution in [2.24, 2.45) is 0 Å². The van der Waals surface area contributed by atoms with Gasteiger partial charge >= 0.3 is 26.1 Å². The fourth-order valence-corrected chi connectivity index (χ4v) is 5.79. The van der Waals surface area contributed by atoms with Gasteiger partial charge in [0, 0.05) is 0 Å². The molecule has 0 heterocycles. The fourth-order valence-electron chi connectivity index (χ4n) is 0.718. The van der Waals surface area contributed by atoms with Gasteiger partial charge in [-0.1, -0.05) is 0 Å². The molecule has 0 aromatic carbocycles. The van der Waals surface area contributed by atoms with E-state index in [1.807, 2.05) is 0 Å². The second kappa shape index (κ2) is 5.47. The average Bonchev–Trinajstić information content (AvgIpc) is 1.78. The van der Waals surface area contributed by atoms with Crippen LogP contribution in [-0.2, 0) is 12.0 Å². The van der Waals surface area contributed by atoms with Crippen molar-refractivity contribution >= 4 is 16.3 Å². The lowest BCUT2D eigenvalue weighted by Gasteiger charge is -2.22. The Morgan fingerprint density at radius 2 is 1.86 bits per heavy atom. The van der Waals surface area contributed by atoms with Gasteiger partial charge in [-0.3, -0.25) is 15.1 Å². The molecule has 0 aromatic rings. The van der Waals surface area contributed by atoms with Crippen molar-refractivity contribution < 1.29 is 42.4 Å². The normalized spacial score (nSPS) is 13.9. The molecule has 0 aliphatic heterocycles. The van der Waals surface area contributed by atoms with Crippen molar-refractivity contribution in [3.05, 3.63) is 0 Å². The highest BCUT2D eigenvalue weighted by Crippen LogP contribution is 2.37. The largest absolute Gasteiger partial charge is 0.465 e. The van der Waals surface area contributed by atoms with Crippen molar-refractivity contribution in [3.63, 3.8) is 0 Å². The molecule has 0 saturated heterocycles. The van der Waals surface area contributed by atoms with E-state index in [4.69, 9.17) is 0 Å². The zero-order chi connectivity index (χ0) is 11.4. The van der Waals surface area contributed by atoms with Gasteiger partial charge in [-0.25, -0.2) is 0 Å². The lowest BCUT2D eigenvalue weighted by Crippen LogP contribution is -4.23. The first-order valence-corrected chi connectivity index (χ1v) is 9.71. The fraction of sp³-hybridized carbons (Fsp3) is 0.833. The van der Waals surface area contributed by atoms with Gasteiger partial charge in [0.2, 0.25) is 0 Å². The van der Waals surface area contributed by atoms with Crippen LogP contribution in [-0.4, -0.2) is 30.8 Å². The molecule has 0 radical (unpaired) electrons. The Labute approximate surface area is 90.4 Å². The number of rotatable bonds is 5. The highest BCUT2D eigenvalue weighted by Gasteiger charge is 2.38. The lowest BCUT2D eigenvalue weighted by atomic mass is 10.8. The molecule has 0 aliphatic rings. The third-order valence-electron chi connectivity index (χ3n) is 1.02. The van der Waals surface area contributed by atoms with Crippen LogP contribution in [0.1, 0.15) is 6.92 Å². The van der Waals surface area contributed by atoms with Crippen LogP contribution in [0.15, 0.2) is 0 Å². The first kappa shape index (κ1) is 14.4. The zero-order valence-corrected chi connectivity index (χ0v) is 11.1. The van der Waals surface area contributed by atoms with Crippen LogP contribution in [0.2, 0.25) is 0 Å². The molecule has 0 rings (SSSR count). The van der Waals surface area contributed by atoms with Gasteiger partial charge in [-0.15, -0.1) is 0 Å². The highest BCUT2D eigenvalue weighted by molar-refractivity contribution is 8.29. The molecule has 0 atom stereocenters. The summed E-state index contributed by atoms with van der Waals surface area (Å²) in [5.74, 6) is -0.739. The molecule has 0 aliphatic carbocycles. The van der Waals surface area contributed by atoms with Gasteiger partial charge in [-0.2, -0.15) is 0 Å². The van der Waals surface area contributed by atoms with Crippen molar-refractivity contribution in [2.75, 3.05) is 24.9 Å². The maximum Gasteiger partial charge on any atom is 0.389 e. The summed E-state index contributed by atoms with van der Waals surface area (Å²) in [5, 5.41) is 0. The standard InChI is InChI=1S/C6H13IO6S/c1-4-12-6(8)5-14(2,3)13-7(9,10)11/h4-5H2,1-3H3. The highest BCUT2D eigenvalue weighted by atomic mass is 127. The van der Waals surface area contributed by atoms with Gasteiger partial charge in [-0.05, 0) is 29.7 Å². The minimum Gasteiger partial charge on any atom is -0.465 e. The molecular weight excluding hydrogens is 327 g/mol. The van der Waals surface area contributed by atoms with E-state index in [2.05, 4.69) is 7.25 Å². The third-order valence-corrected chi connectivity index (χ3v) is 6.69. The molecule has 0 bridgehead atoms. The first-order chi connectivity index (χ1) is 6.16. The predicted octanol–water partition coefficient (Wildman–Crippen LogP) is -5.55. The van der Waals surface area contributed by atoms with Crippen LogP contribution in [0.4, 0.5) is 0 Å². The Balaban J connectivity index is 4.13. The quantitative estimate of drug-likeness (QED) is 0.365. The summed E-state index contributed by atoms with van der Waals surface area (Å²) >= 11 is -5.70. The van der Waals surface area contributed by atoms with Gasteiger partial charge in [0.25, 0.3) is 0 Å². The average molecular weight is 340 g/mol. The van der Waals surface area contributed by atoms with Crippen LogP contribution in [0.3, 0.4) is 0 Å². The van der Waals surface area contributed by atoms with Crippen molar-refractivity contribution in [1.82, 2.24) is 0 Å². The number of ether oxygens (including phenoxy) is 1. The minimum atomic E-state index is -5.70. The van der Waals surface area contributed by atoms with E-state index in [0.29, 0.717) is 0 Å². The number of halogens is 1. The molecule has 0 N–H and O–H groups in total. The van der Waals surface area contributed by atoms with E-state index in [1.165, 1.54) is 12.5 Å². The van der Waals surface area contributed by atoms with Crippen LogP contribution in [0, 0.1) is 0 Å². The summed E-state index contributed by atoms with van der Waals surface area (Å²) in [6, 6.07) is 0. The molecule has 0 amide bonds. The second-order valence-electron chi connectivity index (χ2n) is 2.83. The number of carbonyl (C=O) groups is 1. The monoisotopic (exact) mass is 340 g/mol. The molecule has 0 spiro atoms. The molecule has 0 saturated carbocycles. The Morgan fingerprint density at radius 3 is 2.21 bits per heavy atom. The lowest BCUT2D eigenvalue weighted by molar-refractivity contribution is -1.91. The van der Waals surface area contributed by atoms with E-state index in [1.54, 1.807) is 6.92 Å². The van der Waals surface area contributed by atoms with Gasteiger partial charge in [0.1, 0.15) is 5.75 Å². The summed E-state index contributed by atoms with van der Waals surface area (Å²) in [4.78, 5) is 11.0. The summed E-state index contributed by atoms with van der Waals surface area (Å²) in [6.07, 6.45) is 2.85. The molecule has 0 aromatic heterocycles. The maximum atomic E-state index is 11.0. The zero-order valence-electron chi connectivity index (χ0n) is 8.15. The summed E-state index contributed by atoms with van der Waals surface area (Å²) < 4.78 is 40.1.